The van der Waals surface area contributed by atoms with E-state index in [1.807, 2.05) is 0 Å². The third kappa shape index (κ3) is 2.91. The number of carbonyl (C=O) groups excluding carboxylic acids is 1. The molecule has 19 heavy (non-hydrogen) atoms. The molecule has 2 heterocycles. The number of nitrogens with zero attached hydrogens (tertiary/aromatic N) is 3. The smallest absolute Gasteiger partial charge is 0.322 e. The first-order valence-corrected chi connectivity index (χ1v) is 6.33. The van der Waals surface area contributed by atoms with Crippen LogP contribution in [0, 0.1) is 0 Å². The van der Waals surface area contributed by atoms with Crippen molar-refractivity contribution < 1.29 is 19.4 Å². The van der Waals surface area contributed by atoms with E-state index in [9.17, 15) is 15.0 Å². The molecule has 3 N–H and O–H groups in total. The molecule has 0 spiro atoms. The van der Waals surface area contributed by atoms with Crippen LogP contribution in [-0.2, 0) is 4.79 Å². The van der Waals surface area contributed by atoms with E-state index >= 15 is 0 Å². The van der Waals surface area contributed by atoms with E-state index in [2.05, 4.69) is 15.5 Å². The maximum Gasteiger partial charge on any atom is 0.322 e. The highest BCUT2D eigenvalue weighted by atomic mass is 16.4. The lowest BCUT2D eigenvalue weighted by Gasteiger charge is -2.12. The summed E-state index contributed by atoms with van der Waals surface area (Å²) in [5.41, 5.74) is 0. The minimum absolute atomic E-state index is 0.0786. The number of nitrogens with one attached hydrogen (secondary N) is 1. The van der Waals surface area contributed by atoms with E-state index in [1.54, 1.807) is 4.90 Å². The van der Waals surface area contributed by atoms with Crippen molar-refractivity contribution in [3.63, 3.8) is 0 Å². The molecule has 1 saturated heterocycles. The molecular formula is C11H16N4O4. The Morgan fingerprint density at radius 3 is 2.63 bits per heavy atom. The van der Waals surface area contributed by atoms with Crippen molar-refractivity contribution >= 4 is 11.9 Å². The van der Waals surface area contributed by atoms with E-state index < -0.39 is 12.2 Å². The third-order valence-electron chi connectivity index (χ3n) is 3.32. The van der Waals surface area contributed by atoms with Gasteiger partial charge in [-0.05, 0) is 12.8 Å². The van der Waals surface area contributed by atoms with Crippen LogP contribution in [0.15, 0.2) is 4.42 Å². The third-order valence-corrected chi connectivity index (χ3v) is 3.32. The zero-order valence-electron chi connectivity index (χ0n) is 10.3. The first-order valence-electron chi connectivity index (χ1n) is 6.33. The first kappa shape index (κ1) is 12.5. The largest absolute Gasteiger partial charge is 0.408 e. The van der Waals surface area contributed by atoms with Gasteiger partial charge in [-0.25, -0.2) is 0 Å². The Morgan fingerprint density at radius 2 is 2.00 bits per heavy atom. The molecule has 1 aliphatic carbocycles. The highest BCUT2D eigenvalue weighted by molar-refractivity contribution is 5.90. The molecule has 2 atom stereocenters. The molecule has 1 saturated carbocycles. The molecule has 0 aromatic carbocycles. The molecule has 104 valence electrons. The van der Waals surface area contributed by atoms with Gasteiger partial charge in [0.05, 0.1) is 18.8 Å². The zero-order chi connectivity index (χ0) is 13.4. The molecular weight excluding hydrogens is 252 g/mol. The summed E-state index contributed by atoms with van der Waals surface area (Å²) in [5.74, 6) is 0.622. The lowest BCUT2D eigenvalue weighted by Crippen LogP contribution is -2.32. The van der Waals surface area contributed by atoms with Crippen LogP contribution in [0.5, 0.6) is 0 Å². The van der Waals surface area contributed by atoms with Gasteiger partial charge >= 0.3 is 6.01 Å². The fraction of sp³-hybridized carbons (Fsp3) is 0.727. The highest BCUT2D eigenvalue weighted by Gasteiger charge is 2.31. The number of aliphatic hydroxyl groups is 2. The molecule has 0 radical (unpaired) electrons. The normalized spacial score (nSPS) is 27.7. The van der Waals surface area contributed by atoms with Crippen molar-refractivity contribution in [2.45, 2.75) is 31.0 Å². The van der Waals surface area contributed by atoms with Crippen LogP contribution in [0.2, 0.25) is 0 Å². The standard InChI is InChI=1S/C11H16N4O4/c16-7-3-15(4-8(7)17)5-9(18)12-11-14-13-10(19-11)6-1-2-6/h6-8,16-17H,1-5H2,(H,12,14,18). The molecule has 2 unspecified atom stereocenters. The summed E-state index contributed by atoms with van der Waals surface area (Å²) < 4.78 is 5.31. The van der Waals surface area contributed by atoms with Crippen molar-refractivity contribution in [2.24, 2.45) is 0 Å². The quantitative estimate of drug-likeness (QED) is 0.637. The molecule has 3 rings (SSSR count). The Kier molecular flexibility index (Phi) is 3.21. The Labute approximate surface area is 109 Å². The van der Waals surface area contributed by atoms with Crippen LogP contribution in [0.25, 0.3) is 0 Å². The van der Waals surface area contributed by atoms with Crippen LogP contribution in [0.4, 0.5) is 6.01 Å². The van der Waals surface area contributed by atoms with Crippen LogP contribution in [0.3, 0.4) is 0 Å². The van der Waals surface area contributed by atoms with Crippen molar-refractivity contribution in [2.75, 3.05) is 25.0 Å². The second kappa shape index (κ2) is 4.87. The van der Waals surface area contributed by atoms with Crippen molar-refractivity contribution in [3.05, 3.63) is 5.89 Å². The van der Waals surface area contributed by atoms with Crippen LogP contribution < -0.4 is 5.32 Å². The van der Waals surface area contributed by atoms with E-state index in [-0.39, 0.29) is 31.6 Å². The van der Waals surface area contributed by atoms with Crippen molar-refractivity contribution in [1.29, 1.82) is 0 Å². The number of aromatic nitrogens is 2. The summed E-state index contributed by atoms with van der Waals surface area (Å²) in [6, 6.07) is 0.104. The zero-order valence-corrected chi connectivity index (χ0v) is 10.3. The predicted octanol–water partition coefficient (Wildman–Crippen LogP) is -1.08. The lowest BCUT2D eigenvalue weighted by molar-refractivity contribution is -0.117. The number of β-amino-alcohol motifs (C(OH)–C–C–N with tert-alkyl or cyclic N) is 2. The number of hydrogen-bond donors (Lipinski definition) is 3. The van der Waals surface area contributed by atoms with Crippen molar-refractivity contribution in [1.82, 2.24) is 15.1 Å². The summed E-state index contributed by atoms with van der Waals surface area (Å²) >= 11 is 0. The number of amides is 1. The molecule has 1 amide bonds. The number of rotatable bonds is 4. The number of likely N-dealkylation sites (tertiary alicyclic amines) is 1. The molecule has 1 aromatic rings. The van der Waals surface area contributed by atoms with Crippen LogP contribution in [-0.4, -0.2) is 63.1 Å². The van der Waals surface area contributed by atoms with Gasteiger partial charge in [-0.15, -0.1) is 5.10 Å². The van der Waals surface area contributed by atoms with E-state index in [0.717, 1.165) is 12.8 Å². The average molecular weight is 268 g/mol. The average Bonchev–Trinajstić information content (AvgIpc) is 3.02. The van der Waals surface area contributed by atoms with Gasteiger partial charge in [-0.1, -0.05) is 5.10 Å². The minimum atomic E-state index is -0.794. The summed E-state index contributed by atoms with van der Waals surface area (Å²) in [5, 5.41) is 28.9. The van der Waals surface area contributed by atoms with Crippen molar-refractivity contribution in [3.8, 4) is 0 Å². The van der Waals surface area contributed by atoms with Gasteiger partial charge in [0, 0.05) is 19.0 Å². The van der Waals surface area contributed by atoms with Gasteiger partial charge in [-0.3, -0.25) is 15.0 Å². The van der Waals surface area contributed by atoms with Crippen LogP contribution in [0.1, 0.15) is 24.7 Å². The molecule has 8 heteroatoms. The monoisotopic (exact) mass is 268 g/mol. The van der Waals surface area contributed by atoms with Gasteiger partial charge < -0.3 is 14.6 Å². The Bertz CT molecular complexity index is 463. The predicted molar refractivity (Wildman–Crippen MR) is 63.4 cm³/mol. The van der Waals surface area contributed by atoms with Crippen LogP contribution >= 0.6 is 0 Å². The SMILES string of the molecule is O=C(CN1CC(O)C(O)C1)Nc1nnc(C2CC2)o1. The van der Waals surface area contributed by atoms with Gasteiger partial charge in [0.2, 0.25) is 11.8 Å². The summed E-state index contributed by atoms with van der Waals surface area (Å²) in [7, 11) is 0. The van der Waals surface area contributed by atoms with E-state index in [0.29, 0.717) is 11.8 Å². The molecule has 1 aliphatic heterocycles. The van der Waals surface area contributed by atoms with Gasteiger partial charge in [0.15, 0.2) is 0 Å². The van der Waals surface area contributed by atoms with E-state index in [1.165, 1.54) is 0 Å². The van der Waals surface area contributed by atoms with Gasteiger partial charge in [-0.2, -0.15) is 0 Å². The Hall–Kier alpha value is -1.51. The molecule has 0 bridgehead atoms. The Morgan fingerprint density at radius 1 is 1.32 bits per heavy atom. The van der Waals surface area contributed by atoms with E-state index in [4.69, 9.17) is 4.42 Å². The van der Waals surface area contributed by atoms with Gasteiger partial charge in [0.1, 0.15) is 0 Å². The maximum absolute atomic E-state index is 11.7. The summed E-state index contributed by atoms with van der Waals surface area (Å²) in [6.45, 7) is 0.646. The number of carbonyl (C=O) groups is 1. The Balaban J connectivity index is 1.50. The molecule has 2 aliphatic rings. The fourth-order valence-electron chi connectivity index (χ4n) is 2.12. The number of hydrogen-bond acceptors (Lipinski definition) is 7. The lowest BCUT2D eigenvalue weighted by atomic mass is 10.3. The summed E-state index contributed by atoms with van der Waals surface area (Å²) in [6.07, 6.45) is 0.522. The van der Waals surface area contributed by atoms with Gasteiger partial charge in [0.25, 0.3) is 0 Å². The topological polar surface area (TPSA) is 112 Å². The fourth-order valence-corrected chi connectivity index (χ4v) is 2.12. The highest BCUT2D eigenvalue weighted by Crippen LogP contribution is 2.39. The summed E-state index contributed by atoms with van der Waals surface area (Å²) in [4.78, 5) is 13.4. The second-order valence-electron chi connectivity index (χ2n) is 5.10. The maximum atomic E-state index is 11.7. The molecule has 8 nitrogen and oxygen atoms in total. The second-order valence-corrected chi connectivity index (χ2v) is 5.10. The number of aliphatic hydroxyl groups excluding tert-OH is 2. The first-order chi connectivity index (χ1) is 9.11. The molecule has 2 fully saturated rings. The number of anilines is 1. The molecule has 1 aromatic heterocycles. The minimum Gasteiger partial charge on any atom is -0.408 e.